The number of rotatable bonds is 0. The lowest BCUT2D eigenvalue weighted by Crippen LogP contribution is -2.36. The molecule has 9 rings (SSSR count). The molecule has 0 spiro atoms. The van der Waals surface area contributed by atoms with E-state index in [1.807, 2.05) is 98.8 Å². The van der Waals surface area contributed by atoms with Crippen LogP contribution >= 0.6 is 0 Å². The zero-order chi connectivity index (χ0) is 27.0. The highest BCUT2D eigenvalue weighted by Crippen LogP contribution is 2.55. The van der Waals surface area contributed by atoms with E-state index < -0.39 is 11.8 Å². The zero-order valence-electron chi connectivity index (χ0n) is 22.0. The topological polar surface area (TPSA) is 51.2 Å². The summed E-state index contributed by atoms with van der Waals surface area (Å²) in [6, 6.07) is 27.9. The van der Waals surface area contributed by atoms with Crippen LogP contribution in [0.2, 0.25) is 0 Å². The molecule has 0 saturated heterocycles. The van der Waals surface area contributed by atoms with Gasteiger partial charge >= 0.3 is 0 Å². The first-order valence-corrected chi connectivity index (χ1v) is 13.7. The van der Waals surface area contributed by atoms with E-state index in [4.69, 9.17) is 0 Å². The van der Waals surface area contributed by atoms with Crippen molar-refractivity contribution in [2.24, 2.45) is 0 Å². The molecule has 0 heterocycles. The Morgan fingerprint density at radius 3 is 1.30 bits per heavy atom. The molecule has 3 nitrogen and oxygen atoms in total. The molecule has 3 heteroatoms. The SMILES string of the molecule is Cc1cc2c3c4c5c(cc(C)c14)C(=O)c1cc4ccccc4cc1C5C(=O)C3c1cc3ccccc3cc1C2=O. The molecule has 3 aliphatic rings. The molecule has 0 aliphatic heterocycles. The van der Waals surface area contributed by atoms with Crippen LogP contribution in [-0.2, 0) is 4.79 Å². The number of fused-ring (bicyclic) bond motifs is 6. The van der Waals surface area contributed by atoms with E-state index in [1.165, 1.54) is 0 Å². The minimum Gasteiger partial charge on any atom is -0.298 e. The number of aryl methyl sites for hydroxylation is 2. The van der Waals surface area contributed by atoms with Crippen molar-refractivity contribution in [3.8, 4) is 0 Å². The number of carbonyl (C=O) groups excluding carboxylic acids is 3. The van der Waals surface area contributed by atoms with Gasteiger partial charge in [-0.2, -0.15) is 0 Å². The van der Waals surface area contributed by atoms with Crippen molar-refractivity contribution in [1.29, 1.82) is 0 Å². The highest BCUT2D eigenvalue weighted by molar-refractivity contribution is 6.27. The lowest BCUT2D eigenvalue weighted by Gasteiger charge is -2.40. The summed E-state index contributed by atoms with van der Waals surface area (Å²) in [5.41, 5.74) is 7.50. The average Bonchev–Trinajstić information content (AvgIpc) is 2.96. The molecule has 6 aromatic rings. The maximum Gasteiger partial charge on any atom is 0.193 e. The lowest BCUT2D eigenvalue weighted by atomic mass is 9.60. The van der Waals surface area contributed by atoms with E-state index in [0.717, 1.165) is 65.7 Å². The van der Waals surface area contributed by atoms with Crippen LogP contribution in [0.5, 0.6) is 0 Å². The summed E-state index contributed by atoms with van der Waals surface area (Å²) >= 11 is 0. The Bertz CT molecular complexity index is 2100. The molecule has 0 fully saturated rings. The Kier molecular flexibility index (Phi) is 3.95. The van der Waals surface area contributed by atoms with E-state index in [2.05, 4.69) is 0 Å². The summed E-state index contributed by atoms with van der Waals surface area (Å²) in [5.74, 6) is -1.21. The van der Waals surface area contributed by atoms with Crippen molar-refractivity contribution >= 4 is 49.7 Å². The molecular weight excluding hydrogens is 492 g/mol. The van der Waals surface area contributed by atoms with Crippen LogP contribution in [0.4, 0.5) is 0 Å². The predicted octanol–water partition coefficient (Wildman–Crippen LogP) is 7.70. The second-order valence-electron chi connectivity index (χ2n) is 11.6. The van der Waals surface area contributed by atoms with Crippen molar-refractivity contribution in [3.05, 3.63) is 141 Å². The van der Waals surface area contributed by atoms with Gasteiger partial charge in [-0.3, -0.25) is 14.4 Å². The van der Waals surface area contributed by atoms with Crippen molar-refractivity contribution in [2.45, 2.75) is 25.7 Å². The zero-order valence-corrected chi connectivity index (χ0v) is 22.0. The second-order valence-corrected chi connectivity index (χ2v) is 11.6. The molecule has 0 saturated carbocycles. The predicted molar refractivity (Wildman–Crippen MR) is 157 cm³/mol. The van der Waals surface area contributed by atoms with Gasteiger partial charge in [0, 0.05) is 22.3 Å². The van der Waals surface area contributed by atoms with Gasteiger partial charge in [0.05, 0.1) is 11.8 Å². The van der Waals surface area contributed by atoms with Crippen LogP contribution in [0.3, 0.4) is 0 Å². The Morgan fingerprint density at radius 2 is 0.875 bits per heavy atom. The third-order valence-corrected chi connectivity index (χ3v) is 9.46. The Morgan fingerprint density at radius 1 is 0.475 bits per heavy atom. The van der Waals surface area contributed by atoms with Gasteiger partial charge in [0.15, 0.2) is 17.3 Å². The number of ketones is 3. The molecule has 0 aromatic heterocycles. The fourth-order valence-corrected chi connectivity index (χ4v) is 7.84. The van der Waals surface area contributed by atoms with Crippen LogP contribution in [0.1, 0.15) is 77.1 Å². The van der Waals surface area contributed by atoms with E-state index in [0.29, 0.717) is 22.3 Å². The molecule has 3 aliphatic carbocycles. The normalized spacial score (nSPS) is 18.4. The molecule has 40 heavy (non-hydrogen) atoms. The van der Waals surface area contributed by atoms with E-state index in [-0.39, 0.29) is 17.3 Å². The van der Waals surface area contributed by atoms with Crippen molar-refractivity contribution in [3.63, 3.8) is 0 Å². The molecule has 188 valence electrons. The fourth-order valence-electron chi connectivity index (χ4n) is 7.84. The van der Waals surface area contributed by atoms with Gasteiger partial charge in [-0.15, -0.1) is 0 Å². The average molecular weight is 515 g/mol. The number of Topliss-reactive ketones (excluding diaryl/α,β-unsaturated/α-hetero) is 1. The maximum absolute atomic E-state index is 14.9. The summed E-state index contributed by atoms with van der Waals surface area (Å²) in [6.07, 6.45) is 0. The maximum atomic E-state index is 14.9. The van der Waals surface area contributed by atoms with Gasteiger partial charge in [-0.05, 0) is 116 Å². The van der Waals surface area contributed by atoms with E-state index >= 15 is 0 Å². The largest absolute Gasteiger partial charge is 0.298 e. The second kappa shape index (κ2) is 7.19. The molecule has 0 bridgehead atoms. The van der Waals surface area contributed by atoms with Crippen LogP contribution in [-0.4, -0.2) is 17.3 Å². The number of hydrogen-bond acceptors (Lipinski definition) is 3. The first-order valence-electron chi connectivity index (χ1n) is 13.7. The summed E-state index contributed by atoms with van der Waals surface area (Å²) in [6.45, 7) is 4.06. The molecular formula is C37H22O3. The Labute approximate surface area is 230 Å². The van der Waals surface area contributed by atoms with Gasteiger partial charge in [-0.25, -0.2) is 0 Å². The van der Waals surface area contributed by atoms with E-state index in [9.17, 15) is 14.4 Å². The fraction of sp³-hybridized carbons (Fsp3) is 0.108. The number of carbonyl (C=O) groups is 3. The molecule has 0 N–H and O–H groups in total. The summed E-state index contributed by atoms with van der Waals surface area (Å²) < 4.78 is 0. The summed E-state index contributed by atoms with van der Waals surface area (Å²) in [5, 5.41) is 5.97. The third kappa shape index (κ3) is 2.49. The van der Waals surface area contributed by atoms with Crippen LogP contribution in [0, 0.1) is 13.8 Å². The van der Waals surface area contributed by atoms with Crippen molar-refractivity contribution in [1.82, 2.24) is 0 Å². The van der Waals surface area contributed by atoms with Crippen molar-refractivity contribution < 1.29 is 14.4 Å². The van der Waals surface area contributed by atoms with Gasteiger partial charge in [-0.1, -0.05) is 48.5 Å². The monoisotopic (exact) mass is 514 g/mol. The van der Waals surface area contributed by atoms with E-state index in [1.54, 1.807) is 0 Å². The van der Waals surface area contributed by atoms with Gasteiger partial charge in [0.2, 0.25) is 0 Å². The minimum atomic E-state index is -0.574. The van der Waals surface area contributed by atoms with Crippen LogP contribution in [0.15, 0.2) is 84.9 Å². The first-order chi connectivity index (χ1) is 19.4. The standard InChI is InChI=1S/C37H22O3/c1-17-11-27-30-32(23-13-19-7-3-5-9-21(19)15-25(23)35(27)38)37(40)33-24-14-20-8-4-6-10-22(20)16-26(24)36(39)28-12-18(2)29(17)34(30)31(28)33/h3-16,32-33H,1-2H3. The van der Waals surface area contributed by atoms with Gasteiger partial charge < -0.3 is 0 Å². The molecule has 0 radical (unpaired) electrons. The Balaban J connectivity index is 1.47. The summed E-state index contributed by atoms with van der Waals surface area (Å²) in [4.78, 5) is 43.1. The molecule has 6 aromatic carbocycles. The van der Waals surface area contributed by atoms with Gasteiger partial charge in [0.25, 0.3) is 0 Å². The van der Waals surface area contributed by atoms with Crippen LogP contribution in [0.25, 0.3) is 32.3 Å². The lowest BCUT2D eigenvalue weighted by molar-refractivity contribution is -0.120. The first kappa shape index (κ1) is 22.0. The van der Waals surface area contributed by atoms with Crippen LogP contribution < -0.4 is 0 Å². The quantitative estimate of drug-likeness (QED) is 0.209. The molecule has 2 unspecified atom stereocenters. The highest BCUT2D eigenvalue weighted by Gasteiger charge is 2.49. The highest BCUT2D eigenvalue weighted by atomic mass is 16.1. The molecule has 2 atom stereocenters. The minimum absolute atomic E-state index is 0.0390. The number of hydrogen-bond donors (Lipinski definition) is 0. The number of benzene rings is 6. The van der Waals surface area contributed by atoms with Crippen molar-refractivity contribution in [2.75, 3.05) is 0 Å². The molecule has 0 amide bonds. The van der Waals surface area contributed by atoms with Gasteiger partial charge in [0.1, 0.15) is 0 Å². The third-order valence-electron chi connectivity index (χ3n) is 9.46. The Hall–Kier alpha value is -4.89. The summed E-state index contributed by atoms with van der Waals surface area (Å²) in [7, 11) is 0. The smallest absolute Gasteiger partial charge is 0.193 e.